The number of hydrogen-bond donors (Lipinski definition) is 1. The van der Waals surface area contributed by atoms with Crippen molar-refractivity contribution in [3.05, 3.63) is 70.7 Å². The Labute approximate surface area is 172 Å². The number of benzene rings is 2. The zero-order valence-corrected chi connectivity index (χ0v) is 16.2. The quantitative estimate of drug-likeness (QED) is 0.731. The third-order valence-corrected chi connectivity index (χ3v) is 4.87. The van der Waals surface area contributed by atoms with Crippen LogP contribution in [0, 0.1) is 5.92 Å². The van der Waals surface area contributed by atoms with E-state index in [1.807, 2.05) is 12.1 Å². The number of likely N-dealkylation sites (tertiary alicyclic amines) is 1. The molecule has 0 aromatic heterocycles. The van der Waals surface area contributed by atoms with Crippen LogP contribution in [0.3, 0.4) is 0 Å². The summed E-state index contributed by atoms with van der Waals surface area (Å²) in [7, 11) is 0. The lowest BCUT2D eigenvalue weighted by Crippen LogP contribution is -2.35. The highest BCUT2D eigenvalue weighted by atomic mass is 35.5. The van der Waals surface area contributed by atoms with Crippen molar-refractivity contribution < 1.29 is 23.9 Å². The van der Waals surface area contributed by atoms with Gasteiger partial charge in [-0.2, -0.15) is 0 Å². The summed E-state index contributed by atoms with van der Waals surface area (Å²) in [5.74, 6) is -2.81. The van der Waals surface area contributed by atoms with Crippen LogP contribution in [0.15, 0.2) is 54.6 Å². The van der Waals surface area contributed by atoms with Gasteiger partial charge in [-0.15, -0.1) is 0 Å². The molecule has 1 heterocycles. The SMILES string of the molecule is O=C(COC(=O)[C@H]1CC(=O)N(Cc2ccccc2Cl)C1)NC(=O)c1ccccc1. The molecule has 8 heteroatoms. The van der Waals surface area contributed by atoms with Crippen molar-refractivity contribution in [1.82, 2.24) is 10.2 Å². The van der Waals surface area contributed by atoms with Gasteiger partial charge in [0.15, 0.2) is 6.61 Å². The second-order valence-corrected chi connectivity index (χ2v) is 7.02. The van der Waals surface area contributed by atoms with Crippen LogP contribution in [0.1, 0.15) is 22.3 Å². The Balaban J connectivity index is 1.47. The number of imide groups is 1. The predicted octanol–water partition coefficient (Wildman–Crippen LogP) is 2.19. The molecule has 1 aliphatic rings. The highest BCUT2D eigenvalue weighted by Crippen LogP contribution is 2.24. The molecule has 1 saturated heterocycles. The number of carbonyl (C=O) groups is 4. The van der Waals surface area contributed by atoms with Crippen molar-refractivity contribution in [3.8, 4) is 0 Å². The molecule has 7 nitrogen and oxygen atoms in total. The summed E-state index contributed by atoms with van der Waals surface area (Å²) in [4.78, 5) is 49.7. The van der Waals surface area contributed by atoms with Gasteiger partial charge in [0.25, 0.3) is 11.8 Å². The molecule has 1 atom stereocenters. The average molecular weight is 415 g/mol. The van der Waals surface area contributed by atoms with Gasteiger partial charge < -0.3 is 9.64 Å². The van der Waals surface area contributed by atoms with Gasteiger partial charge in [0.2, 0.25) is 5.91 Å². The summed E-state index contributed by atoms with van der Waals surface area (Å²) in [6, 6.07) is 15.4. The number of ether oxygens (including phenoxy) is 1. The maximum atomic E-state index is 12.2. The largest absolute Gasteiger partial charge is 0.455 e. The van der Waals surface area contributed by atoms with Crippen LogP contribution < -0.4 is 5.32 Å². The van der Waals surface area contributed by atoms with E-state index in [0.717, 1.165) is 5.56 Å². The topological polar surface area (TPSA) is 92.8 Å². The predicted molar refractivity (Wildman–Crippen MR) is 105 cm³/mol. The highest BCUT2D eigenvalue weighted by molar-refractivity contribution is 6.31. The zero-order chi connectivity index (χ0) is 20.8. The molecular weight excluding hydrogens is 396 g/mol. The fraction of sp³-hybridized carbons (Fsp3) is 0.238. The lowest BCUT2D eigenvalue weighted by atomic mass is 10.1. The molecule has 1 fully saturated rings. The lowest BCUT2D eigenvalue weighted by Gasteiger charge is -2.17. The summed E-state index contributed by atoms with van der Waals surface area (Å²) in [6.45, 7) is -0.103. The number of amides is 3. The van der Waals surface area contributed by atoms with E-state index in [1.54, 1.807) is 42.5 Å². The van der Waals surface area contributed by atoms with Crippen molar-refractivity contribution in [3.63, 3.8) is 0 Å². The van der Waals surface area contributed by atoms with Gasteiger partial charge in [0.05, 0.1) is 5.92 Å². The fourth-order valence-corrected chi connectivity index (χ4v) is 3.19. The van der Waals surface area contributed by atoms with Crippen molar-refractivity contribution in [2.75, 3.05) is 13.2 Å². The Morgan fingerprint density at radius 2 is 1.76 bits per heavy atom. The second-order valence-electron chi connectivity index (χ2n) is 6.62. The first-order valence-corrected chi connectivity index (χ1v) is 9.39. The van der Waals surface area contributed by atoms with Crippen molar-refractivity contribution >= 4 is 35.3 Å². The van der Waals surface area contributed by atoms with Crippen LogP contribution in [-0.2, 0) is 25.7 Å². The second kappa shape index (κ2) is 9.34. The van der Waals surface area contributed by atoms with Crippen LogP contribution in [0.5, 0.6) is 0 Å². The third kappa shape index (κ3) is 5.42. The van der Waals surface area contributed by atoms with Gasteiger partial charge in [-0.3, -0.25) is 24.5 Å². The smallest absolute Gasteiger partial charge is 0.311 e. The minimum absolute atomic E-state index is 0.00779. The van der Waals surface area contributed by atoms with Crippen LogP contribution in [0.25, 0.3) is 0 Å². The van der Waals surface area contributed by atoms with Gasteiger partial charge in [-0.1, -0.05) is 48.0 Å². The van der Waals surface area contributed by atoms with E-state index in [4.69, 9.17) is 16.3 Å². The Morgan fingerprint density at radius 3 is 2.48 bits per heavy atom. The van der Waals surface area contributed by atoms with Gasteiger partial charge >= 0.3 is 5.97 Å². The number of esters is 1. The van der Waals surface area contributed by atoms with Gasteiger partial charge in [-0.25, -0.2) is 0 Å². The number of nitrogens with zero attached hydrogens (tertiary/aromatic N) is 1. The molecule has 1 aliphatic heterocycles. The Bertz CT molecular complexity index is 932. The number of halogens is 1. The zero-order valence-electron chi connectivity index (χ0n) is 15.5. The first kappa shape index (κ1) is 20.5. The normalized spacial score (nSPS) is 15.8. The van der Waals surface area contributed by atoms with E-state index in [9.17, 15) is 19.2 Å². The molecule has 0 spiro atoms. The molecule has 29 heavy (non-hydrogen) atoms. The van der Waals surface area contributed by atoms with Gasteiger partial charge in [0.1, 0.15) is 0 Å². The molecule has 0 unspecified atom stereocenters. The molecule has 0 saturated carbocycles. The Hall–Kier alpha value is -3.19. The van der Waals surface area contributed by atoms with Crippen molar-refractivity contribution in [2.45, 2.75) is 13.0 Å². The summed E-state index contributed by atoms with van der Waals surface area (Å²) in [5, 5.41) is 2.70. The standard InChI is InChI=1S/C21H19ClN2O5/c22-17-9-5-4-8-15(17)11-24-12-16(10-19(24)26)21(28)29-13-18(25)23-20(27)14-6-2-1-3-7-14/h1-9,16H,10-13H2,(H,23,25,27)/t16-/m0/s1. The molecular formula is C21H19ClN2O5. The highest BCUT2D eigenvalue weighted by Gasteiger charge is 2.35. The van der Waals surface area contributed by atoms with Crippen LogP contribution in [0.2, 0.25) is 5.02 Å². The first-order valence-electron chi connectivity index (χ1n) is 9.01. The van der Waals surface area contributed by atoms with Crippen molar-refractivity contribution in [1.29, 1.82) is 0 Å². The Kier molecular flexibility index (Phi) is 6.61. The number of hydrogen-bond acceptors (Lipinski definition) is 5. The fourth-order valence-electron chi connectivity index (χ4n) is 2.99. The van der Waals surface area contributed by atoms with E-state index >= 15 is 0 Å². The molecule has 3 rings (SSSR count). The molecule has 2 aromatic carbocycles. The molecule has 0 aliphatic carbocycles. The molecule has 0 radical (unpaired) electrons. The number of nitrogens with one attached hydrogen (secondary N) is 1. The minimum atomic E-state index is -0.732. The van der Waals surface area contributed by atoms with Gasteiger partial charge in [0, 0.05) is 30.1 Å². The summed E-state index contributed by atoms with van der Waals surface area (Å²) < 4.78 is 4.99. The van der Waals surface area contributed by atoms with Gasteiger partial charge in [-0.05, 0) is 23.8 Å². The summed E-state index contributed by atoms with van der Waals surface area (Å²) >= 11 is 6.12. The first-order chi connectivity index (χ1) is 13.9. The molecule has 0 bridgehead atoms. The van der Waals surface area contributed by atoms with E-state index in [1.165, 1.54) is 4.90 Å². The Morgan fingerprint density at radius 1 is 1.07 bits per heavy atom. The minimum Gasteiger partial charge on any atom is -0.455 e. The molecule has 3 amide bonds. The number of carbonyl (C=O) groups excluding carboxylic acids is 4. The third-order valence-electron chi connectivity index (χ3n) is 4.50. The van der Waals surface area contributed by atoms with Crippen LogP contribution in [-0.4, -0.2) is 41.7 Å². The lowest BCUT2D eigenvalue weighted by molar-refractivity contribution is -0.152. The molecule has 1 N–H and O–H groups in total. The maximum Gasteiger partial charge on any atom is 0.311 e. The van der Waals surface area contributed by atoms with E-state index in [2.05, 4.69) is 5.32 Å². The van der Waals surface area contributed by atoms with E-state index in [-0.39, 0.29) is 18.9 Å². The summed E-state index contributed by atoms with van der Waals surface area (Å²) in [5.41, 5.74) is 1.11. The van der Waals surface area contributed by atoms with Crippen molar-refractivity contribution in [2.24, 2.45) is 5.92 Å². The average Bonchev–Trinajstić information content (AvgIpc) is 3.09. The monoisotopic (exact) mass is 414 g/mol. The molecule has 150 valence electrons. The van der Waals surface area contributed by atoms with E-state index in [0.29, 0.717) is 17.1 Å². The molecule has 2 aromatic rings. The van der Waals surface area contributed by atoms with Crippen LogP contribution >= 0.6 is 11.6 Å². The number of rotatable bonds is 6. The maximum absolute atomic E-state index is 12.2. The van der Waals surface area contributed by atoms with E-state index < -0.39 is 30.3 Å². The summed E-state index contributed by atoms with van der Waals surface area (Å²) in [6.07, 6.45) is 0.00779. The van der Waals surface area contributed by atoms with Crippen LogP contribution in [0.4, 0.5) is 0 Å².